The van der Waals surface area contributed by atoms with Crippen molar-refractivity contribution in [3.05, 3.63) is 28.7 Å². The molecule has 1 aromatic heterocycles. The highest BCUT2D eigenvalue weighted by molar-refractivity contribution is 7.89. The monoisotopic (exact) mass is 440 g/mol. The molecule has 1 aromatic rings. The summed E-state index contributed by atoms with van der Waals surface area (Å²) in [7, 11) is -3.72. The number of hydrogen-bond acceptors (Lipinski definition) is 5. The number of sulfonamides is 1. The molecule has 1 saturated heterocycles. The summed E-state index contributed by atoms with van der Waals surface area (Å²) in [6.45, 7) is 8.75. The molecule has 1 N–H and O–H groups in total. The summed E-state index contributed by atoms with van der Waals surface area (Å²) in [6.07, 6.45) is 2.52. The lowest BCUT2D eigenvalue weighted by atomic mass is 10.0. The van der Waals surface area contributed by atoms with Crippen LogP contribution in [-0.2, 0) is 26.2 Å². The Labute approximate surface area is 178 Å². The first kappa shape index (κ1) is 24.1. The summed E-state index contributed by atoms with van der Waals surface area (Å²) in [5, 5.41) is 2.89. The van der Waals surface area contributed by atoms with Crippen molar-refractivity contribution in [3.8, 4) is 0 Å². The highest BCUT2D eigenvalue weighted by atomic mass is 32.2. The van der Waals surface area contributed by atoms with Gasteiger partial charge < -0.3 is 14.8 Å². The van der Waals surface area contributed by atoms with E-state index in [1.807, 2.05) is 13.8 Å². The first-order valence-corrected chi connectivity index (χ1v) is 11.8. The number of carbonyl (C=O) groups excluding carboxylic acids is 2. The van der Waals surface area contributed by atoms with Gasteiger partial charge in [-0.05, 0) is 18.9 Å². The number of rotatable bonds is 8. The highest BCUT2D eigenvalue weighted by Gasteiger charge is 2.26. The van der Waals surface area contributed by atoms with Gasteiger partial charge in [0.15, 0.2) is 0 Å². The van der Waals surface area contributed by atoms with Crippen molar-refractivity contribution in [2.45, 2.75) is 58.0 Å². The zero-order valence-electron chi connectivity index (χ0n) is 18.1. The van der Waals surface area contributed by atoms with E-state index in [1.54, 1.807) is 18.7 Å². The SMILES string of the molecule is CCN(CC)S(=O)(=O)c1ccc(=O)n(CC(=O)NC2CCN(C(=O)C(C)C)CC2)c1. The molecule has 0 bridgehead atoms. The van der Waals surface area contributed by atoms with Crippen molar-refractivity contribution in [1.82, 2.24) is 19.1 Å². The normalized spacial score (nSPS) is 15.6. The minimum atomic E-state index is -3.72. The fourth-order valence-electron chi connectivity index (χ4n) is 3.54. The summed E-state index contributed by atoms with van der Waals surface area (Å²) in [4.78, 5) is 38.4. The maximum atomic E-state index is 12.7. The van der Waals surface area contributed by atoms with Gasteiger partial charge in [0.2, 0.25) is 21.8 Å². The Kier molecular flexibility index (Phi) is 8.19. The zero-order chi connectivity index (χ0) is 22.5. The van der Waals surface area contributed by atoms with E-state index < -0.39 is 15.6 Å². The molecule has 2 heterocycles. The third kappa shape index (κ3) is 5.69. The third-order valence-electron chi connectivity index (χ3n) is 5.28. The van der Waals surface area contributed by atoms with E-state index in [0.717, 1.165) is 4.57 Å². The zero-order valence-corrected chi connectivity index (χ0v) is 18.9. The molecule has 1 aliphatic heterocycles. The van der Waals surface area contributed by atoms with Crippen LogP contribution in [0.5, 0.6) is 0 Å². The fraction of sp³-hybridized carbons (Fsp3) is 0.650. The van der Waals surface area contributed by atoms with Crippen LogP contribution >= 0.6 is 0 Å². The molecule has 0 spiro atoms. The molecule has 30 heavy (non-hydrogen) atoms. The third-order valence-corrected chi connectivity index (χ3v) is 7.31. The Morgan fingerprint density at radius 2 is 1.77 bits per heavy atom. The molecular formula is C20H32N4O5S. The van der Waals surface area contributed by atoms with E-state index in [0.29, 0.717) is 39.0 Å². The van der Waals surface area contributed by atoms with Crippen molar-refractivity contribution in [2.24, 2.45) is 5.92 Å². The smallest absolute Gasteiger partial charge is 0.251 e. The first-order valence-electron chi connectivity index (χ1n) is 10.4. The number of nitrogens with zero attached hydrogens (tertiary/aromatic N) is 3. The average molecular weight is 441 g/mol. The fourth-order valence-corrected chi connectivity index (χ4v) is 5.01. The average Bonchev–Trinajstić information content (AvgIpc) is 2.70. The van der Waals surface area contributed by atoms with Gasteiger partial charge in [0.05, 0.1) is 4.90 Å². The van der Waals surface area contributed by atoms with Crippen LogP contribution in [0.25, 0.3) is 0 Å². The number of amides is 2. The number of aromatic nitrogens is 1. The Balaban J connectivity index is 2.02. The minimum absolute atomic E-state index is 0.0147. The number of piperidine rings is 1. The van der Waals surface area contributed by atoms with Crippen LogP contribution in [0.15, 0.2) is 28.0 Å². The molecule has 0 radical (unpaired) electrons. The molecule has 168 valence electrons. The van der Waals surface area contributed by atoms with Crippen molar-refractivity contribution in [1.29, 1.82) is 0 Å². The lowest BCUT2D eigenvalue weighted by Crippen LogP contribution is -2.48. The van der Waals surface area contributed by atoms with E-state index in [4.69, 9.17) is 0 Å². The van der Waals surface area contributed by atoms with Crippen LogP contribution in [0.4, 0.5) is 0 Å². The van der Waals surface area contributed by atoms with Gasteiger partial charge in [0, 0.05) is 50.4 Å². The molecule has 9 nitrogen and oxygen atoms in total. The standard InChI is InChI=1S/C20H32N4O5S/c1-5-24(6-2)30(28,29)17-7-8-19(26)23(13-17)14-18(25)21-16-9-11-22(12-10-16)20(27)15(3)4/h7-8,13,15-16H,5-6,9-12,14H2,1-4H3,(H,21,25). The van der Waals surface area contributed by atoms with E-state index >= 15 is 0 Å². The van der Waals surface area contributed by atoms with Gasteiger partial charge in [-0.25, -0.2) is 8.42 Å². The van der Waals surface area contributed by atoms with Crippen molar-refractivity contribution < 1.29 is 18.0 Å². The molecule has 0 aromatic carbocycles. The molecule has 1 aliphatic rings. The second-order valence-electron chi connectivity index (χ2n) is 7.74. The molecule has 0 saturated carbocycles. The first-order chi connectivity index (χ1) is 14.1. The maximum Gasteiger partial charge on any atom is 0.251 e. The van der Waals surface area contributed by atoms with Crippen LogP contribution in [0.1, 0.15) is 40.5 Å². The Bertz CT molecular complexity index is 913. The van der Waals surface area contributed by atoms with Crippen LogP contribution < -0.4 is 10.9 Å². The summed E-state index contributed by atoms with van der Waals surface area (Å²) in [5.74, 6) is -0.302. The van der Waals surface area contributed by atoms with E-state index in [-0.39, 0.29) is 35.2 Å². The number of pyridine rings is 1. The number of likely N-dealkylation sites (tertiary alicyclic amines) is 1. The molecule has 10 heteroatoms. The van der Waals surface area contributed by atoms with Gasteiger partial charge in [-0.2, -0.15) is 4.31 Å². The van der Waals surface area contributed by atoms with E-state index in [9.17, 15) is 22.8 Å². The Hall–Kier alpha value is -2.20. The summed E-state index contributed by atoms with van der Waals surface area (Å²) in [5.41, 5.74) is -0.444. The summed E-state index contributed by atoms with van der Waals surface area (Å²) in [6, 6.07) is 2.36. The molecule has 0 aliphatic carbocycles. The van der Waals surface area contributed by atoms with Gasteiger partial charge in [-0.1, -0.05) is 27.7 Å². The van der Waals surface area contributed by atoms with Crippen molar-refractivity contribution >= 4 is 21.8 Å². The van der Waals surface area contributed by atoms with E-state index in [2.05, 4.69) is 5.32 Å². The molecule has 0 unspecified atom stereocenters. The lowest BCUT2D eigenvalue weighted by Gasteiger charge is -2.33. The summed E-state index contributed by atoms with van der Waals surface area (Å²) < 4.78 is 27.8. The van der Waals surface area contributed by atoms with Gasteiger partial charge in [0.1, 0.15) is 6.54 Å². The second kappa shape index (κ2) is 10.2. The van der Waals surface area contributed by atoms with Crippen LogP contribution in [0.3, 0.4) is 0 Å². The minimum Gasteiger partial charge on any atom is -0.352 e. The predicted molar refractivity (Wildman–Crippen MR) is 113 cm³/mol. The molecule has 2 amide bonds. The van der Waals surface area contributed by atoms with Crippen molar-refractivity contribution in [3.63, 3.8) is 0 Å². The molecular weight excluding hydrogens is 408 g/mol. The number of hydrogen-bond donors (Lipinski definition) is 1. The van der Waals surface area contributed by atoms with Crippen molar-refractivity contribution in [2.75, 3.05) is 26.2 Å². The van der Waals surface area contributed by atoms with Gasteiger partial charge in [0.25, 0.3) is 5.56 Å². The van der Waals surface area contributed by atoms with Gasteiger partial charge >= 0.3 is 0 Å². The summed E-state index contributed by atoms with van der Waals surface area (Å²) >= 11 is 0. The molecule has 1 fully saturated rings. The predicted octanol–water partition coefficient (Wildman–Crippen LogP) is 0.642. The lowest BCUT2D eigenvalue weighted by molar-refractivity contribution is -0.135. The quantitative estimate of drug-likeness (QED) is 0.638. The van der Waals surface area contributed by atoms with Gasteiger partial charge in [-0.15, -0.1) is 0 Å². The Morgan fingerprint density at radius 1 is 1.17 bits per heavy atom. The maximum absolute atomic E-state index is 12.7. The largest absolute Gasteiger partial charge is 0.352 e. The second-order valence-corrected chi connectivity index (χ2v) is 9.68. The highest BCUT2D eigenvalue weighted by Crippen LogP contribution is 2.15. The number of nitrogens with one attached hydrogen (secondary N) is 1. The van der Waals surface area contributed by atoms with Crippen LogP contribution in [-0.4, -0.2) is 66.2 Å². The molecule has 2 rings (SSSR count). The van der Waals surface area contributed by atoms with Crippen LogP contribution in [0, 0.1) is 5.92 Å². The van der Waals surface area contributed by atoms with E-state index in [1.165, 1.54) is 22.6 Å². The molecule has 0 atom stereocenters. The topological polar surface area (TPSA) is 109 Å². The van der Waals surface area contributed by atoms with Gasteiger partial charge in [-0.3, -0.25) is 14.4 Å². The number of carbonyl (C=O) groups is 2. The Morgan fingerprint density at radius 3 is 2.30 bits per heavy atom. The van der Waals surface area contributed by atoms with Crippen LogP contribution in [0.2, 0.25) is 0 Å².